The highest BCUT2D eigenvalue weighted by molar-refractivity contribution is 6.18. The van der Waals surface area contributed by atoms with E-state index in [2.05, 4.69) is 0 Å². The molecule has 0 fully saturated rings. The van der Waals surface area contributed by atoms with Crippen LogP contribution in [0.4, 0.5) is 0 Å². The minimum atomic E-state index is -0.776. The molecule has 112 valence electrons. The van der Waals surface area contributed by atoms with Gasteiger partial charge in [0, 0.05) is 0 Å². The molecule has 0 aliphatic heterocycles. The Bertz CT molecular complexity index is 740. The molecule has 2 aromatic rings. The number of carbonyl (C=O) groups is 2. The summed E-state index contributed by atoms with van der Waals surface area (Å²) in [4.78, 5) is 25.2. The second kappa shape index (κ2) is 4.96. The Labute approximate surface area is 127 Å². The summed E-state index contributed by atoms with van der Waals surface area (Å²) in [7, 11) is 0. The number of fused-ring (bicyclic) bond motifs is 2. The number of rotatable bonds is 2. The quantitative estimate of drug-likeness (QED) is 0.783. The van der Waals surface area contributed by atoms with Crippen molar-refractivity contribution in [2.45, 2.75) is 18.9 Å². The van der Waals surface area contributed by atoms with Crippen molar-refractivity contribution in [1.29, 1.82) is 0 Å². The summed E-state index contributed by atoms with van der Waals surface area (Å²) in [5.41, 5.74) is 6.68. The van der Waals surface area contributed by atoms with Crippen LogP contribution in [-0.2, 0) is 4.79 Å². The van der Waals surface area contributed by atoms with Crippen molar-refractivity contribution in [3.63, 3.8) is 0 Å². The van der Waals surface area contributed by atoms with Crippen molar-refractivity contribution in [1.82, 2.24) is 0 Å². The number of nitrogens with two attached hydrogens (primary N) is 1. The van der Waals surface area contributed by atoms with Gasteiger partial charge in [0.05, 0.1) is 23.1 Å². The molecule has 0 heterocycles. The summed E-state index contributed by atoms with van der Waals surface area (Å²) in [6, 6.07) is 8.46. The fourth-order valence-corrected chi connectivity index (χ4v) is 2.95. The topological polar surface area (TPSA) is 101 Å². The average molecular weight is 297 g/mol. The minimum absolute atomic E-state index is 0.0514. The summed E-state index contributed by atoms with van der Waals surface area (Å²) in [6.45, 7) is 1.57. The first-order valence-electron chi connectivity index (χ1n) is 6.91. The van der Waals surface area contributed by atoms with Crippen molar-refractivity contribution in [3.8, 4) is 11.5 Å². The molecule has 1 aliphatic rings. The number of hydrogen-bond acceptors (Lipinski definition) is 5. The highest BCUT2D eigenvalue weighted by atomic mass is 16.3. The number of phenolic OH excluding ortho intramolecular Hbond substituents is 2. The van der Waals surface area contributed by atoms with Crippen LogP contribution in [0, 0.1) is 0 Å². The standard InChI is InChI=1S/C17H15NO4/c1-8(18)16(21)13-9-4-2-6-11(19)14(9)17(22)15-10(13)5-3-7-12(15)20/h2-8,13,19-20H,18H2,1H3/t8-/m0/s1. The fourth-order valence-electron chi connectivity index (χ4n) is 2.95. The zero-order valence-electron chi connectivity index (χ0n) is 11.9. The Balaban J connectivity index is 2.36. The molecule has 0 aromatic heterocycles. The highest BCUT2D eigenvalue weighted by Crippen LogP contribution is 2.43. The molecule has 1 aliphatic carbocycles. The van der Waals surface area contributed by atoms with Gasteiger partial charge in [-0.05, 0) is 30.2 Å². The normalized spacial score (nSPS) is 15.1. The highest BCUT2D eigenvalue weighted by Gasteiger charge is 2.38. The number of aromatic hydroxyl groups is 2. The lowest BCUT2D eigenvalue weighted by molar-refractivity contribution is -0.120. The lowest BCUT2D eigenvalue weighted by Gasteiger charge is -2.28. The van der Waals surface area contributed by atoms with Gasteiger partial charge in [-0.15, -0.1) is 0 Å². The summed E-state index contributed by atoms with van der Waals surface area (Å²) in [6.07, 6.45) is 0. The summed E-state index contributed by atoms with van der Waals surface area (Å²) >= 11 is 0. The van der Waals surface area contributed by atoms with E-state index in [0.717, 1.165) is 0 Å². The van der Waals surface area contributed by atoms with Crippen LogP contribution >= 0.6 is 0 Å². The molecule has 3 rings (SSSR count). The molecular formula is C17H15NO4. The number of carbonyl (C=O) groups excluding carboxylic acids is 2. The first-order valence-corrected chi connectivity index (χ1v) is 6.91. The van der Waals surface area contributed by atoms with Crippen LogP contribution in [0.25, 0.3) is 0 Å². The molecule has 2 aromatic carbocycles. The van der Waals surface area contributed by atoms with Crippen LogP contribution < -0.4 is 5.73 Å². The zero-order chi connectivity index (χ0) is 16.0. The maximum atomic E-state index is 12.6. The molecule has 1 atom stereocenters. The van der Waals surface area contributed by atoms with E-state index >= 15 is 0 Å². The third-order valence-electron chi connectivity index (χ3n) is 3.96. The molecule has 0 saturated heterocycles. The third kappa shape index (κ3) is 1.90. The molecule has 22 heavy (non-hydrogen) atoms. The van der Waals surface area contributed by atoms with E-state index in [1.54, 1.807) is 31.2 Å². The van der Waals surface area contributed by atoms with E-state index in [4.69, 9.17) is 5.73 Å². The third-order valence-corrected chi connectivity index (χ3v) is 3.96. The second-order valence-electron chi connectivity index (χ2n) is 5.44. The van der Waals surface area contributed by atoms with Gasteiger partial charge in [0.15, 0.2) is 5.78 Å². The molecule has 0 spiro atoms. The number of hydrogen-bond donors (Lipinski definition) is 3. The van der Waals surface area contributed by atoms with E-state index in [-0.39, 0.29) is 28.4 Å². The maximum Gasteiger partial charge on any atom is 0.201 e. The fraction of sp³-hybridized carbons (Fsp3) is 0.176. The van der Waals surface area contributed by atoms with Crippen LogP contribution in [-0.4, -0.2) is 27.8 Å². The van der Waals surface area contributed by atoms with Crippen molar-refractivity contribution in [2.75, 3.05) is 0 Å². The predicted molar refractivity (Wildman–Crippen MR) is 80.1 cm³/mol. The number of benzene rings is 2. The number of Topliss-reactive ketones (excluding diaryl/α,β-unsaturated/α-hetero) is 1. The molecule has 0 radical (unpaired) electrons. The Hall–Kier alpha value is -2.66. The first kappa shape index (κ1) is 14.3. The molecule has 4 N–H and O–H groups in total. The Kier molecular flexibility index (Phi) is 3.22. The van der Waals surface area contributed by atoms with Crippen LogP contribution in [0.1, 0.15) is 39.9 Å². The summed E-state index contributed by atoms with van der Waals surface area (Å²) in [5.74, 6) is -1.96. The Morgan fingerprint density at radius 2 is 1.50 bits per heavy atom. The van der Waals surface area contributed by atoms with E-state index in [1.165, 1.54) is 12.1 Å². The van der Waals surface area contributed by atoms with Crippen molar-refractivity contribution in [3.05, 3.63) is 58.7 Å². The largest absolute Gasteiger partial charge is 0.507 e. The maximum absolute atomic E-state index is 12.6. The van der Waals surface area contributed by atoms with Gasteiger partial charge in [0.25, 0.3) is 0 Å². The van der Waals surface area contributed by atoms with E-state index in [0.29, 0.717) is 11.1 Å². The van der Waals surface area contributed by atoms with Gasteiger partial charge in [0.2, 0.25) is 5.78 Å². The lowest BCUT2D eigenvalue weighted by Crippen LogP contribution is -2.35. The molecule has 0 bridgehead atoms. The van der Waals surface area contributed by atoms with E-state index < -0.39 is 17.7 Å². The number of phenols is 2. The van der Waals surface area contributed by atoms with Gasteiger partial charge < -0.3 is 15.9 Å². The SMILES string of the molecule is C[C@H](N)C(=O)C1c2cccc(O)c2C(=O)c2c(O)cccc21. The van der Waals surface area contributed by atoms with Crippen LogP contribution in [0.3, 0.4) is 0 Å². The van der Waals surface area contributed by atoms with Gasteiger partial charge >= 0.3 is 0 Å². The monoisotopic (exact) mass is 297 g/mol. The molecule has 5 heteroatoms. The van der Waals surface area contributed by atoms with Crippen molar-refractivity contribution in [2.24, 2.45) is 5.73 Å². The second-order valence-corrected chi connectivity index (χ2v) is 5.44. The van der Waals surface area contributed by atoms with Crippen LogP contribution in [0.15, 0.2) is 36.4 Å². The molecule has 5 nitrogen and oxygen atoms in total. The van der Waals surface area contributed by atoms with Gasteiger partial charge in [-0.25, -0.2) is 0 Å². The van der Waals surface area contributed by atoms with Crippen LogP contribution in [0.5, 0.6) is 11.5 Å². The van der Waals surface area contributed by atoms with Gasteiger partial charge in [-0.3, -0.25) is 9.59 Å². The van der Waals surface area contributed by atoms with Crippen molar-refractivity contribution < 1.29 is 19.8 Å². The summed E-state index contributed by atoms with van der Waals surface area (Å²) in [5, 5.41) is 20.1. The van der Waals surface area contributed by atoms with Gasteiger partial charge in [-0.2, -0.15) is 0 Å². The molecular weight excluding hydrogens is 282 g/mol. The van der Waals surface area contributed by atoms with E-state index in [1.807, 2.05) is 0 Å². The first-order chi connectivity index (χ1) is 10.4. The molecule has 0 unspecified atom stereocenters. The average Bonchev–Trinajstić information content (AvgIpc) is 2.46. The predicted octanol–water partition coefficient (Wildman–Crippen LogP) is 1.69. The van der Waals surface area contributed by atoms with Gasteiger partial charge in [-0.1, -0.05) is 24.3 Å². The summed E-state index contributed by atoms with van der Waals surface area (Å²) < 4.78 is 0. The molecule has 0 amide bonds. The number of ketones is 2. The Morgan fingerprint density at radius 1 is 1.05 bits per heavy atom. The van der Waals surface area contributed by atoms with Crippen LogP contribution in [0.2, 0.25) is 0 Å². The van der Waals surface area contributed by atoms with Gasteiger partial charge in [0.1, 0.15) is 11.5 Å². The Morgan fingerprint density at radius 3 is 1.91 bits per heavy atom. The smallest absolute Gasteiger partial charge is 0.201 e. The van der Waals surface area contributed by atoms with Crippen molar-refractivity contribution >= 4 is 11.6 Å². The molecule has 0 saturated carbocycles. The zero-order valence-corrected chi connectivity index (χ0v) is 11.9. The van der Waals surface area contributed by atoms with E-state index in [9.17, 15) is 19.8 Å². The minimum Gasteiger partial charge on any atom is -0.507 e. The lowest BCUT2D eigenvalue weighted by atomic mass is 9.74.